The van der Waals surface area contributed by atoms with E-state index in [2.05, 4.69) is 20.7 Å². The highest BCUT2D eigenvalue weighted by Crippen LogP contribution is 2.31. The summed E-state index contributed by atoms with van der Waals surface area (Å²) in [6, 6.07) is 32.8. The first-order valence-electron chi connectivity index (χ1n) is 14.7. The predicted molar refractivity (Wildman–Crippen MR) is 185 cm³/mol. The van der Waals surface area contributed by atoms with E-state index < -0.39 is 17.8 Å². The summed E-state index contributed by atoms with van der Waals surface area (Å²) in [5.41, 5.74) is 2.52. The van der Waals surface area contributed by atoms with Crippen molar-refractivity contribution < 1.29 is 33.1 Å². The van der Waals surface area contributed by atoms with E-state index in [0.717, 1.165) is 10.5 Å². The van der Waals surface area contributed by atoms with Gasteiger partial charge in [0.25, 0.3) is 11.8 Å². The highest BCUT2D eigenvalue weighted by molar-refractivity contribution is 8.00. The van der Waals surface area contributed by atoms with Crippen LogP contribution >= 0.6 is 11.8 Å². The summed E-state index contributed by atoms with van der Waals surface area (Å²) in [6.45, 7) is 0. The summed E-state index contributed by atoms with van der Waals surface area (Å²) in [7, 11) is 2.88. The van der Waals surface area contributed by atoms with Gasteiger partial charge in [0.05, 0.1) is 31.1 Å². The number of carbonyl (C=O) groups is 4. The Kier molecular flexibility index (Phi) is 11.1. The molecule has 5 rings (SSSR count). The number of rotatable bonds is 12. The van der Waals surface area contributed by atoms with Crippen LogP contribution in [-0.2, 0) is 14.3 Å². The van der Waals surface area contributed by atoms with Crippen LogP contribution in [0.15, 0.2) is 130 Å². The quantitative estimate of drug-likeness (QED) is 0.0748. The number of hydrogen-bond donors (Lipinski definition) is 3. The molecular weight excluding hydrogens is 630 g/mol. The van der Waals surface area contributed by atoms with Crippen molar-refractivity contribution >= 4 is 52.9 Å². The van der Waals surface area contributed by atoms with Crippen LogP contribution < -0.4 is 20.7 Å². The molecule has 0 unspecified atom stereocenters. The largest absolute Gasteiger partial charge is 0.496 e. The van der Waals surface area contributed by atoms with Crippen molar-refractivity contribution in [1.29, 1.82) is 0 Å². The standard InChI is InChI=1S/C37H31N3O7S/c1-45-32-11-7-6-10-30(32)33-21-18-28(47-33)22-31(40-35(42)24-8-4-3-5-9-24)36(43)39-27-16-19-29(20-17-27)48-23-34(41)38-26-14-12-25(13-15-26)37(44)46-2/h3-22H,23H2,1-2H3,(H,38,41)(H,39,43)(H,40,42). The minimum absolute atomic E-state index is 0.0282. The number of amides is 3. The van der Waals surface area contributed by atoms with Gasteiger partial charge in [-0.2, -0.15) is 0 Å². The Morgan fingerprint density at radius 3 is 2.10 bits per heavy atom. The molecule has 242 valence electrons. The number of anilines is 2. The SMILES string of the molecule is COC(=O)c1ccc(NC(=O)CSc2ccc(NC(=O)C(=Cc3ccc(-c4ccccc4OC)o3)NC(=O)c3ccccc3)cc2)cc1. The van der Waals surface area contributed by atoms with Gasteiger partial charge in [0.15, 0.2) is 0 Å². The van der Waals surface area contributed by atoms with Crippen LogP contribution in [-0.4, -0.2) is 43.7 Å². The lowest BCUT2D eigenvalue weighted by atomic mass is 10.1. The van der Waals surface area contributed by atoms with Gasteiger partial charge in [-0.05, 0) is 84.9 Å². The number of ether oxygens (including phenoxy) is 2. The zero-order chi connectivity index (χ0) is 33.9. The minimum atomic E-state index is -0.562. The van der Waals surface area contributed by atoms with Crippen molar-refractivity contribution in [3.63, 3.8) is 0 Å². The topological polar surface area (TPSA) is 136 Å². The number of methoxy groups -OCH3 is 2. The van der Waals surface area contributed by atoms with E-state index in [4.69, 9.17) is 9.15 Å². The molecule has 3 N–H and O–H groups in total. The highest BCUT2D eigenvalue weighted by Gasteiger charge is 2.17. The lowest BCUT2D eigenvalue weighted by Crippen LogP contribution is -2.30. The molecule has 0 radical (unpaired) electrons. The number of para-hydroxylation sites is 1. The fraction of sp³-hybridized carbons (Fsp3) is 0.0811. The second-order valence-electron chi connectivity index (χ2n) is 10.2. The van der Waals surface area contributed by atoms with Crippen LogP contribution in [0.4, 0.5) is 11.4 Å². The van der Waals surface area contributed by atoms with Gasteiger partial charge >= 0.3 is 5.97 Å². The maximum atomic E-state index is 13.5. The summed E-state index contributed by atoms with van der Waals surface area (Å²) >= 11 is 1.32. The molecule has 3 amide bonds. The summed E-state index contributed by atoms with van der Waals surface area (Å²) in [4.78, 5) is 51.4. The first-order chi connectivity index (χ1) is 23.3. The molecule has 10 nitrogen and oxygen atoms in total. The molecule has 0 saturated carbocycles. The van der Waals surface area contributed by atoms with Crippen LogP contribution in [0.2, 0.25) is 0 Å². The van der Waals surface area contributed by atoms with E-state index in [1.54, 1.807) is 98.1 Å². The molecule has 0 saturated heterocycles. The van der Waals surface area contributed by atoms with Gasteiger partial charge in [0.2, 0.25) is 5.91 Å². The van der Waals surface area contributed by atoms with Gasteiger partial charge in [0, 0.05) is 27.9 Å². The Hall–Kier alpha value is -6.07. The second kappa shape index (κ2) is 16.0. The second-order valence-corrected chi connectivity index (χ2v) is 11.2. The van der Waals surface area contributed by atoms with E-state index in [9.17, 15) is 19.2 Å². The Bertz CT molecular complexity index is 1940. The number of hydrogen-bond acceptors (Lipinski definition) is 8. The molecule has 0 aliphatic rings. The van der Waals surface area contributed by atoms with E-state index in [0.29, 0.717) is 39.8 Å². The summed E-state index contributed by atoms with van der Waals surface area (Å²) in [6.07, 6.45) is 1.46. The lowest BCUT2D eigenvalue weighted by Gasteiger charge is -2.11. The Morgan fingerprint density at radius 2 is 1.40 bits per heavy atom. The smallest absolute Gasteiger partial charge is 0.337 e. The van der Waals surface area contributed by atoms with Gasteiger partial charge in [-0.15, -0.1) is 11.8 Å². The average molecular weight is 662 g/mol. The number of benzene rings is 4. The predicted octanol–water partition coefficient (Wildman–Crippen LogP) is 6.88. The molecule has 0 fully saturated rings. The van der Waals surface area contributed by atoms with Crippen LogP contribution in [0.5, 0.6) is 5.75 Å². The van der Waals surface area contributed by atoms with Crippen molar-refractivity contribution in [2.75, 3.05) is 30.6 Å². The summed E-state index contributed by atoms with van der Waals surface area (Å²) in [5, 5.41) is 8.30. The molecule has 4 aromatic carbocycles. The Balaban J connectivity index is 1.25. The summed E-state index contributed by atoms with van der Waals surface area (Å²) in [5.74, 6) is -0.0484. The van der Waals surface area contributed by atoms with Crippen LogP contribution in [0.1, 0.15) is 26.5 Å². The van der Waals surface area contributed by atoms with E-state index >= 15 is 0 Å². The zero-order valence-corrected chi connectivity index (χ0v) is 26.8. The number of nitrogens with one attached hydrogen (secondary N) is 3. The molecule has 48 heavy (non-hydrogen) atoms. The lowest BCUT2D eigenvalue weighted by molar-refractivity contribution is -0.114. The minimum Gasteiger partial charge on any atom is -0.496 e. The third kappa shape index (κ3) is 8.80. The van der Waals surface area contributed by atoms with E-state index in [1.165, 1.54) is 24.9 Å². The molecule has 11 heteroatoms. The summed E-state index contributed by atoms with van der Waals surface area (Å²) < 4.78 is 16.1. The normalized spacial score (nSPS) is 10.9. The average Bonchev–Trinajstić information content (AvgIpc) is 3.59. The molecule has 0 bridgehead atoms. The van der Waals surface area contributed by atoms with Crippen LogP contribution in [0, 0.1) is 0 Å². The molecule has 0 atom stereocenters. The fourth-order valence-corrected chi connectivity index (χ4v) is 5.19. The molecule has 0 aliphatic heterocycles. The van der Waals surface area contributed by atoms with Crippen LogP contribution in [0.25, 0.3) is 17.4 Å². The Morgan fingerprint density at radius 1 is 0.729 bits per heavy atom. The van der Waals surface area contributed by atoms with Crippen molar-refractivity contribution in [3.8, 4) is 17.1 Å². The van der Waals surface area contributed by atoms with Gasteiger partial charge in [0.1, 0.15) is 23.0 Å². The van der Waals surface area contributed by atoms with Crippen molar-refractivity contribution in [2.45, 2.75) is 4.90 Å². The Labute approximate surface area is 281 Å². The fourth-order valence-electron chi connectivity index (χ4n) is 4.49. The molecule has 1 aromatic heterocycles. The molecule has 0 spiro atoms. The maximum Gasteiger partial charge on any atom is 0.337 e. The van der Waals surface area contributed by atoms with E-state index in [1.807, 2.05) is 24.3 Å². The third-order valence-corrected chi connectivity index (χ3v) is 7.90. The maximum absolute atomic E-state index is 13.5. The number of esters is 1. The van der Waals surface area contributed by atoms with Crippen LogP contribution in [0.3, 0.4) is 0 Å². The number of thioether (sulfide) groups is 1. The van der Waals surface area contributed by atoms with Crippen molar-refractivity contribution in [2.24, 2.45) is 0 Å². The van der Waals surface area contributed by atoms with Crippen molar-refractivity contribution in [1.82, 2.24) is 5.32 Å². The number of carbonyl (C=O) groups excluding carboxylic acids is 4. The molecule has 1 heterocycles. The highest BCUT2D eigenvalue weighted by atomic mass is 32.2. The van der Waals surface area contributed by atoms with E-state index in [-0.39, 0.29) is 17.4 Å². The molecular formula is C37H31N3O7S. The van der Waals surface area contributed by atoms with Gasteiger partial charge in [-0.3, -0.25) is 14.4 Å². The molecule has 5 aromatic rings. The van der Waals surface area contributed by atoms with Gasteiger partial charge < -0.3 is 29.8 Å². The first kappa shape index (κ1) is 33.3. The molecule has 0 aliphatic carbocycles. The first-order valence-corrected chi connectivity index (χ1v) is 15.7. The van der Waals surface area contributed by atoms with Crippen molar-refractivity contribution in [3.05, 3.63) is 138 Å². The monoisotopic (exact) mass is 661 g/mol. The van der Waals surface area contributed by atoms with Gasteiger partial charge in [-0.25, -0.2) is 4.79 Å². The number of furan rings is 1. The van der Waals surface area contributed by atoms with Gasteiger partial charge in [-0.1, -0.05) is 30.3 Å². The zero-order valence-electron chi connectivity index (χ0n) is 26.0. The third-order valence-electron chi connectivity index (χ3n) is 6.89.